The maximum absolute atomic E-state index is 12.4. The van der Waals surface area contributed by atoms with Gasteiger partial charge in [0.1, 0.15) is 6.04 Å². The van der Waals surface area contributed by atoms with E-state index in [1.54, 1.807) is 18.2 Å². The molecule has 0 aliphatic rings. The Bertz CT molecular complexity index is 891. The normalized spacial score (nSPS) is 11.5. The number of carbonyl (C=O) groups is 4. The van der Waals surface area contributed by atoms with Crippen molar-refractivity contribution < 1.29 is 33.1 Å². The van der Waals surface area contributed by atoms with Gasteiger partial charge in [0.05, 0.1) is 24.6 Å². The highest BCUT2D eigenvalue weighted by Gasteiger charge is 2.23. The van der Waals surface area contributed by atoms with Crippen LogP contribution in [0.2, 0.25) is 0 Å². The van der Waals surface area contributed by atoms with Crippen LogP contribution in [-0.2, 0) is 19.1 Å². The zero-order valence-corrected chi connectivity index (χ0v) is 17.0. The summed E-state index contributed by atoms with van der Waals surface area (Å²) < 4.78 is 14.7. The van der Waals surface area contributed by atoms with Gasteiger partial charge in [-0.2, -0.15) is 0 Å². The molecule has 1 aromatic carbocycles. The quantitative estimate of drug-likeness (QED) is 0.602. The van der Waals surface area contributed by atoms with Gasteiger partial charge in [-0.3, -0.25) is 9.59 Å². The first-order valence-electron chi connectivity index (χ1n) is 9.30. The fourth-order valence-corrected chi connectivity index (χ4v) is 2.63. The van der Waals surface area contributed by atoms with E-state index in [2.05, 4.69) is 15.4 Å². The van der Waals surface area contributed by atoms with Crippen LogP contribution in [0.3, 0.4) is 0 Å². The molecule has 2 aromatic rings. The van der Waals surface area contributed by atoms with Gasteiger partial charge >= 0.3 is 11.9 Å². The van der Waals surface area contributed by atoms with Crippen molar-refractivity contribution in [1.82, 2.24) is 5.32 Å². The molecule has 0 saturated heterocycles. The first kappa shape index (κ1) is 22.7. The summed E-state index contributed by atoms with van der Waals surface area (Å²) in [5.74, 6) is -2.34. The maximum Gasteiger partial charge on any atom is 0.340 e. The van der Waals surface area contributed by atoms with Crippen molar-refractivity contribution in [3.05, 3.63) is 54.0 Å². The predicted octanol–water partition coefficient (Wildman–Crippen LogP) is 2.39. The minimum absolute atomic E-state index is 0.0666. The fourth-order valence-electron chi connectivity index (χ4n) is 2.63. The summed E-state index contributed by atoms with van der Waals surface area (Å²) in [5, 5.41) is 5.06. The molecule has 2 amide bonds. The van der Waals surface area contributed by atoms with Gasteiger partial charge in [-0.1, -0.05) is 26.0 Å². The molecule has 0 aliphatic carbocycles. The maximum atomic E-state index is 12.4. The van der Waals surface area contributed by atoms with E-state index in [1.165, 1.54) is 31.6 Å². The lowest BCUT2D eigenvalue weighted by atomic mass is 10.0. The molecule has 0 unspecified atom stereocenters. The minimum atomic E-state index is -0.832. The highest BCUT2D eigenvalue weighted by Crippen LogP contribution is 2.17. The molecule has 0 saturated carbocycles. The van der Waals surface area contributed by atoms with E-state index >= 15 is 0 Å². The number of carbonyl (C=O) groups excluding carboxylic acids is 4. The van der Waals surface area contributed by atoms with Crippen molar-refractivity contribution in [3.8, 4) is 0 Å². The first-order chi connectivity index (χ1) is 14.3. The molecular formula is C21H24N2O7. The van der Waals surface area contributed by atoms with Crippen molar-refractivity contribution in [3.63, 3.8) is 0 Å². The van der Waals surface area contributed by atoms with E-state index in [-0.39, 0.29) is 22.9 Å². The molecule has 1 aromatic heterocycles. The molecule has 1 heterocycles. The Morgan fingerprint density at radius 3 is 2.43 bits per heavy atom. The number of esters is 2. The van der Waals surface area contributed by atoms with Crippen LogP contribution in [0.1, 0.15) is 41.2 Å². The van der Waals surface area contributed by atoms with Gasteiger partial charge < -0.3 is 24.5 Å². The lowest BCUT2D eigenvalue weighted by Gasteiger charge is -2.18. The molecule has 0 radical (unpaired) electrons. The van der Waals surface area contributed by atoms with Crippen LogP contribution in [0.4, 0.5) is 5.69 Å². The zero-order valence-electron chi connectivity index (χ0n) is 17.0. The van der Waals surface area contributed by atoms with E-state index < -0.39 is 36.4 Å². The van der Waals surface area contributed by atoms with Crippen LogP contribution in [0, 0.1) is 5.92 Å². The van der Waals surface area contributed by atoms with Crippen molar-refractivity contribution in [2.45, 2.75) is 26.3 Å². The van der Waals surface area contributed by atoms with E-state index in [1.807, 2.05) is 13.8 Å². The minimum Gasteiger partial charge on any atom is -0.467 e. The fraction of sp³-hybridized carbons (Fsp3) is 0.333. The molecule has 9 nitrogen and oxygen atoms in total. The molecule has 2 rings (SSSR count). The third-order valence-corrected chi connectivity index (χ3v) is 4.00. The molecule has 0 spiro atoms. The molecule has 9 heteroatoms. The molecule has 2 N–H and O–H groups in total. The zero-order chi connectivity index (χ0) is 22.1. The average Bonchev–Trinajstić information content (AvgIpc) is 3.26. The summed E-state index contributed by atoms with van der Waals surface area (Å²) in [6, 6.07) is 8.41. The standard InChI is InChI=1S/C21H24N2O7/c1-13(2)11-16(21(27)28-3)22-18(24)12-30-20(26)14-7-4-5-8-15(14)23-19(25)17-9-6-10-29-17/h4-10,13,16H,11-12H2,1-3H3,(H,22,24)(H,23,25)/t16-/m1/s1. The Hall–Kier alpha value is -3.62. The Labute approximate surface area is 173 Å². The summed E-state index contributed by atoms with van der Waals surface area (Å²) in [6.45, 7) is 3.21. The molecular weight excluding hydrogens is 392 g/mol. The lowest BCUT2D eigenvalue weighted by Crippen LogP contribution is -2.44. The predicted molar refractivity (Wildman–Crippen MR) is 107 cm³/mol. The number of para-hydroxylation sites is 1. The van der Waals surface area contributed by atoms with Crippen molar-refractivity contribution in [1.29, 1.82) is 0 Å². The number of methoxy groups -OCH3 is 1. The third-order valence-electron chi connectivity index (χ3n) is 4.00. The summed E-state index contributed by atoms with van der Waals surface area (Å²) in [7, 11) is 1.23. The van der Waals surface area contributed by atoms with Gasteiger partial charge in [0.25, 0.3) is 11.8 Å². The molecule has 0 fully saturated rings. The Morgan fingerprint density at radius 2 is 1.80 bits per heavy atom. The monoisotopic (exact) mass is 416 g/mol. The summed E-state index contributed by atoms with van der Waals surface area (Å²) in [4.78, 5) is 48.5. The molecule has 0 bridgehead atoms. The van der Waals surface area contributed by atoms with E-state index in [4.69, 9.17) is 9.15 Å². The third kappa shape index (κ3) is 6.47. The number of ether oxygens (including phenoxy) is 2. The largest absolute Gasteiger partial charge is 0.467 e. The number of anilines is 1. The smallest absolute Gasteiger partial charge is 0.340 e. The Kier molecular flexibility index (Phi) is 8.16. The number of furan rings is 1. The van der Waals surface area contributed by atoms with Crippen molar-refractivity contribution in [2.75, 3.05) is 19.0 Å². The molecule has 160 valence electrons. The van der Waals surface area contributed by atoms with Crippen molar-refractivity contribution in [2.24, 2.45) is 5.92 Å². The van der Waals surface area contributed by atoms with Crippen LogP contribution in [0.25, 0.3) is 0 Å². The van der Waals surface area contributed by atoms with Crippen LogP contribution >= 0.6 is 0 Å². The topological polar surface area (TPSA) is 124 Å². The number of nitrogens with one attached hydrogen (secondary N) is 2. The molecule has 1 atom stereocenters. The second-order valence-corrected chi connectivity index (χ2v) is 6.83. The van der Waals surface area contributed by atoms with Crippen LogP contribution < -0.4 is 10.6 Å². The summed E-state index contributed by atoms with van der Waals surface area (Å²) >= 11 is 0. The van der Waals surface area contributed by atoms with Gasteiger partial charge in [-0.25, -0.2) is 9.59 Å². The van der Waals surface area contributed by atoms with E-state index in [9.17, 15) is 19.2 Å². The second kappa shape index (κ2) is 10.8. The number of amides is 2. The van der Waals surface area contributed by atoms with Crippen molar-refractivity contribution >= 4 is 29.4 Å². The van der Waals surface area contributed by atoms with Gasteiger partial charge in [0.15, 0.2) is 12.4 Å². The van der Waals surface area contributed by atoms with Gasteiger partial charge in [0.2, 0.25) is 0 Å². The summed E-state index contributed by atoms with van der Waals surface area (Å²) in [6.07, 6.45) is 1.74. The number of benzene rings is 1. The Morgan fingerprint density at radius 1 is 1.07 bits per heavy atom. The number of rotatable bonds is 9. The second-order valence-electron chi connectivity index (χ2n) is 6.83. The molecule has 0 aliphatic heterocycles. The highest BCUT2D eigenvalue weighted by atomic mass is 16.5. The lowest BCUT2D eigenvalue weighted by molar-refractivity contribution is -0.145. The number of hydrogen-bond acceptors (Lipinski definition) is 7. The van der Waals surface area contributed by atoms with Gasteiger partial charge in [-0.15, -0.1) is 0 Å². The highest BCUT2D eigenvalue weighted by molar-refractivity contribution is 6.06. The van der Waals surface area contributed by atoms with Crippen LogP contribution in [0.5, 0.6) is 0 Å². The summed E-state index contributed by atoms with van der Waals surface area (Å²) in [5.41, 5.74) is 0.272. The SMILES string of the molecule is COC(=O)[C@@H](CC(C)C)NC(=O)COC(=O)c1ccccc1NC(=O)c1ccco1. The average molecular weight is 416 g/mol. The van der Waals surface area contributed by atoms with Crippen LogP contribution in [-0.4, -0.2) is 43.5 Å². The van der Waals surface area contributed by atoms with Crippen LogP contribution in [0.15, 0.2) is 47.1 Å². The first-order valence-corrected chi connectivity index (χ1v) is 9.30. The van der Waals surface area contributed by atoms with Gasteiger partial charge in [0, 0.05) is 0 Å². The number of hydrogen-bond donors (Lipinski definition) is 2. The van der Waals surface area contributed by atoms with Gasteiger partial charge in [-0.05, 0) is 36.6 Å². The molecule has 30 heavy (non-hydrogen) atoms. The van der Waals surface area contributed by atoms with E-state index in [0.717, 1.165) is 0 Å². The Balaban J connectivity index is 1.98. The van der Waals surface area contributed by atoms with E-state index in [0.29, 0.717) is 6.42 Å².